The lowest BCUT2D eigenvalue weighted by Crippen LogP contribution is -2.24. The summed E-state index contributed by atoms with van der Waals surface area (Å²) in [6, 6.07) is 18.1. The van der Waals surface area contributed by atoms with E-state index >= 15 is 0 Å². The van der Waals surface area contributed by atoms with E-state index in [0.29, 0.717) is 27.0 Å². The van der Waals surface area contributed by atoms with E-state index in [-0.39, 0.29) is 13.0 Å². The number of aryl methyl sites for hydroxylation is 2. The Labute approximate surface area is 202 Å². The van der Waals surface area contributed by atoms with Crippen molar-refractivity contribution in [2.75, 3.05) is 5.32 Å². The number of halogens is 2. The average Bonchev–Trinajstić information content (AvgIpc) is 2.78. The molecule has 3 rings (SSSR count). The predicted octanol–water partition coefficient (Wildman–Crippen LogP) is 5.67. The summed E-state index contributed by atoms with van der Waals surface area (Å²) in [4.78, 5) is 24.2. The van der Waals surface area contributed by atoms with E-state index in [2.05, 4.69) is 15.8 Å². The summed E-state index contributed by atoms with van der Waals surface area (Å²) in [6.07, 6.45) is 1.11. The number of benzene rings is 3. The molecule has 0 aliphatic carbocycles. The highest BCUT2D eigenvalue weighted by Crippen LogP contribution is 2.24. The molecule has 0 atom stereocenters. The molecule has 3 aromatic rings. The Balaban J connectivity index is 1.53. The Hall–Kier alpha value is -3.35. The third-order valence-corrected chi connectivity index (χ3v) is 5.54. The molecule has 3 aromatic carbocycles. The molecular formula is C25H23Cl2N3O3. The highest BCUT2D eigenvalue weighted by molar-refractivity contribution is 6.42. The van der Waals surface area contributed by atoms with Gasteiger partial charge in [0.2, 0.25) is 11.8 Å². The monoisotopic (exact) mass is 483 g/mol. The van der Waals surface area contributed by atoms with Gasteiger partial charge >= 0.3 is 0 Å². The summed E-state index contributed by atoms with van der Waals surface area (Å²) < 4.78 is 5.85. The zero-order valence-corrected chi connectivity index (χ0v) is 19.7. The normalized spacial score (nSPS) is 10.8. The van der Waals surface area contributed by atoms with Crippen LogP contribution in [0.5, 0.6) is 5.75 Å². The number of hydrazone groups is 1. The van der Waals surface area contributed by atoms with Gasteiger partial charge in [0.15, 0.2) is 0 Å². The van der Waals surface area contributed by atoms with Crippen molar-refractivity contribution in [2.45, 2.75) is 26.9 Å². The van der Waals surface area contributed by atoms with Gasteiger partial charge in [-0.3, -0.25) is 9.59 Å². The molecule has 6 nitrogen and oxygen atoms in total. The van der Waals surface area contributed by atoms with Crippen LogP contribution in [0.1, 0.15) is 28.7 Å². The van der Waals surface area contributed by atoms with Crippen LogP contribution in [0.3, 0.4) is 0 Å². The van der Waals surface area contributed by atoms with Crippen LogP contribution in [-0.2, 0) is 16.2 Å². The van der Waals surface area contributed by atoms with Gasteiger partial charge in [-0.15, -0.1) is 0 Å². The minimum atomic E-state index is -0.526. The molecule has 0 saturated carbocycles. The summed E-state index contributed by atoms with van der Waals surface area (Å²) >= 11 is 12.0. The van der Waals surface area contributed by atoms with Crippen LogP contribution in [0.2, 0.25) is 10.0 Å². The standard InChI is InChI=1S/C25H23Cl2N3O3/c1-16-7-9-20(11-17(16)2)29-24(31)13-25(32)30-28-14-19-5-3-4-6-23(19)33-15-18-8-10-21(26)22(27)12-18/h3-12,14H,13,15H2,1-2H3,(H,29,31)(H,30,32). The third-order valence-electron chi connectivity index (χ3n) is 4.80. The Morgan fingerprint density at radius 1 is 0.939 bits per heavy atom. The number of rotatable bonds is 8. The maximum Gasteiger partial charge on any atom is 0.249 e. The molecule has 0 aliphatic heterocycles. The molecule has 8 heteroatoms. The lowest BCUT2D eigenvalue weighted by Gasteiger charge is -2.10. The van der Waals surface area contributed by atoms with Gasteiger partial charge < -0.3 is 10.1 Å². The largest absolute Gasteiger partial charge is 0.488 e. The fourth-order valence-corrected chi connectivity index (χ4v) is 3.21. The van der Waals surface area contributed by atoms with E-state index in [9.17, 15) is 9.59 Å². The lowest BCUT2D eigenvalue weighted by atomic mass is 10.1. The van der Waals surface area contributed by atoms with Crippen molar-refractivity contribution in [3.63, 3.8) is 0 Å². The minimum absolute atomic E-state index is 0.284. The van der Waals surface area contributed by atoms with Crippen LogP contribution < -0.4 is 15.5 Å². The number of nitrogens with zero attached hydrogens (tertiary/aromatic N) is 1. The van der Waals surface area contributed by atoms with E-state index < -0.39 is 11.8 Å². The molecule has 0 spiro atoms. The first-order valence-electron chi connectivity index (χ1n) is 10.2. The SMILES string of the molecule is Cc1ccc(NC(=O)CC(=O)NN=Cc2ccccc2OCc2ccc(Cl)c(Cl)c2)cc1C. The van der Waals surface area contributed by atoms with Gasteiger partial charge in [-0.2, -0.15) is 5.10 Å². The third kappa shape index (κ3) is 7.34. The molecule has 0 aliphatic rings. The van der Waals surface area contributed by atoms with Crippen molar-refractivity contribution in [1.29, 1.82) is 0 Å². The number of amides is 2. The second kappa shape index (κ2) is 11.5. The quantitative estimate of drug-likeness (QED) is 0.246. The molecule has 0 bridgehead atoms. The number of hydrogen-bond donors (Lipinski definition) is 2. The van der Waals surface area contributed by atoms with E-state index in [1.54, 1.807) is 30.3 Å². The van der Waals surface area contributed by atoms with Crippen molar-refractivity contribution >= 4 is 46.9 Å². The average molecular weight is 484 g/mol. The van der Waals surface area contributed by atoms with Crippen LogP contribution in [-0.4, -0.2) is 18.0 Å². The number of nitrogens with one attached hydrogen (secondary N) is 2. The first-order chi connectivity index (χ1) is 15.8. The summed E-state index contributed by atoms with van der Waals surface area (Å²) in [5, 5.41) is 7.59. The molecule has 0 heterocycles. The Morgan fingerprint density at radius 2 is 1.73 bits per heavy atom. The fraction of sp³-hybridized carbons (Fsp3) is 0.160. The molecule has 0 saturated heterocycles. The van der Waals surface area contributed by atoms with Crippen LogP contribution in [0, 0.1) is 13.8 Å². The first kappa shape index (κ1) is 24.3. The second-order valence-electron chi connectivity index (χ2n) is 7.39. The smallest absolute Gasteiger partial charge is 0.249 e. The van der Waals surface area contributed by atoms with Gasteiger partial charge in [0.05, 0.1) is 16.3 Å². The number of carbonyl (C=O) groups excluding carboxylic acids is 2. The topological polar surface area (TPSA) is 79.8 Å². The number of anilines is 1. The van der Waals surface area contributed by atoms with Crippen LogP contribution in [0.25, 0.3) is 0 Å². The highest BCUT2D eigenvalue weighted by Gasteiger charge is 2.10. The summed E-state index contributed by atoms with van der Waals surface area (Å²) in [5.41, 5.74) is 6.72. The zero-order valence-electron chi connectivity index (χ0n) is 18.2. The van der Waals surface area contributed by atoms with Gasteiger partial charge in [0.1, 0.15) is 18.8 Å². The van der Waals surface area contributed by atoms with Crippen molar-refractivity contribution in [2.24, 2.45) is 5.10 Å². The van der Waals surface area contributed by atoms with Crippen molar-refractivity contribution in [3.8, 4) is 5.75 Å². The van der Waals surface area contributed by atoms with E-state index in [1.165, 1.54) is 6.21 Å². The lowest BCUT2D eigenvalue weighted by molar-refractivity contribution is -0.126. The maximum atomic E-state index is 12.1. The van der Waals surface area contributed by atoms with Gasteiger partial charge in [-0.25, -0.2) is 5.43 Å². The molecule has 0 unspecified atom stereocenters. The molecule has 0 radical (unpaired) electrons. The van der Waals surface area contributed by atoms with Gasteiger partial charge in [0.25, 0.3) is 0 Å². The van der Waals surface area contributed by atoms with Crippen LogP contribution >= 0.6 is 23.2 Å². The van der Waals surface area contributed by atoms with Crippen LogP contribution in [0.15, 0.2) is 65.8 Å². The molecule has 0 aromatic heterocycles. The number of para-hydroxylation sites is 1. The number of hydrogen-bond acceptors (Lipinski definition) is 4. The number of carbonyl (C=O) groups is 2. The van der Waals surface area contributed by atoms with Crippen molar-refractivity contribution in [3.05, 3.63) is 93.0 Å². The van der Waals surface area contributed by atoms with Crippen LogP contribution in [0.4, 0.5) is 5.69 Å². The van der Waals surface area contributed by atoms with Crippen molar-refractivity contribution in [1.82, 2.24) is 5.43 Å². The summed E-state index contributed by atoms with van der Waals surface area (Å²) in [6.45, 7) is 4.23. The minimum Gasteiger partial charge on any atom is -0.488 e. The highest BCUT2D eigenvalue weighted by atomic mass is 35.5. The first-order valence-corrected chi connectivity index (χ1v) is 10.9. The Kier molecular flexibility index (Phi) is 8.46. The predicted molar refractivity (Wildman–Crippen MR) is 132 cm³/mol. The summed E-state index contributed by atoms with van der Waals surface area (Å²) in [7, 11) is 0. The second-order valence-corrected chi connectivity index (χ2v) is 8.21. The molecule has 0 fully saturated rings. The van der Waals surface area contributed by atoms with E-state index in [1.807, 2.05) is 44.2 Å². The maximum absolute atomic E-state index is 12.1. The Morgan fingerprint density at radius 3 is 2.48 bits per heavy atom. The van der Waals surface area contributed by atoms with Gasteiger partial charge in [-0.05, 0) is 66.9 Å². The fourth-order valence-electron chi connectivity index (χ4n) is 2.89. The van der Waals surface area contributed by atoms with E-state index in [4.69, 9.17) is 27.9 Å². The molecule has 2 amide bonds. The van der Waals surface area contributed by atoms with Gasteiger partial charge in [-0.1, -0.05) is 47.5 Å². The van der Waals surface area contributed by atoms with E-state index in [0.717, 1.165) is 16.7 Å². The molecule has 170 valence electrons. The zero-order chi connectivity index (χ0) is 23.8. The van der Waals surface area contributed by atoms with Crippen molar-refractivity contribution < 1.29 is 14.3 Å². The summed E-state index contributed by atoms with van der Waals surface area (Å²) in [5.74, 6) is -0.368. The number of ether oxygens (including phenoxy) is 1. The molecule has 2 N–H and O–H groups in total. The van der Waals surface area contributed by atoms with Gasteiger partial charge in [0, 0.05) is 11.3 Å². The molecule has 33 heavy (non-hydrogen) atoms. The molecular weight excluding hydrogens is 461 g/mol. The Bertz CT molecular complexity index is 1200.